The average Bonchev–Trinajstić information content (AvgIpc) is 3.62. The third-order valence-electron chi connectivity index (χ3n) is 10.9. The van der Waals surface area contributed by atoms with Crippen LogP contribution in [0.25, 0.3) is 0 Å². The first kappa shape index (κ1) is 23.6. The van der Waals surface area contributed by atoms with E-state index in [4.69, 9.17) is 10.7 Å². The fraction of sp³-hybridized carbons (Fsp3) is 0.793. The summed E-state index contributed by atoms with van der Waals surface area (Å²) in [5, 5.41) is 28.6. The van der Waals surface area contributed by atoms with Crippen LogP contribution in [-0.4, -0.2) is 18.0 Å². The predicted molar refractivity (Wildman–Crippen MR) is 131 cm³/mol. The minimum atomic E-state index is -0.274. The van der Waals surface area contributed by atoms with Gasteiger partial charge in [0.25, 0.3) is 0 Å². The molecule has 9 atom stereocenters. The Kier molecular flexibility index (Phi) is 6.34. The van der Waals surface area contributed by atoms with Crippen molar-refractivity contribution in [1.82, 2.24) is 5.32 Å². The van der Waals surface area contributed by atoms with E-state index in [0.29, 0.717) is 11.8 Å². The fourth-order valence-electron chi connectivity index (χ4n) is 9.38. The van der Waals surface area contributed by atoms with Gasteiger partial charge in [0.15, 0.2) is 5.78 Å². The van der Waals surface area contributed by atoms with Crippen molar-refractivity contribution in [2.24, 2.45) is 58.7 Å². The molecule has 0 heterocycles. The molecule has 0 radical (unpaired) electrons. The van der Waals surface area contributed by atoms with Crippen molar-refractivity contribution in [3.8, 4) is 12.1 Å². The lowest BCUT2D eigenvalue weighted by molar-refractivity contribution is -0.130. The summed E-state index contributed by atoms with van der Waals surface area (Å²) < 4.78 is 0. The van der Waals surface area contributed by atoms with E-state index in [1.807, 2.05) is 6.07 Å². The van der Waals surface area contributed by atoms with Gasteiger partial charge in [-0.25, -0.2) is 0 Å². The van der Waals surface area contributed by atoms with Gasteiger partial charge in [-0.2, -0.15) is 10.5 Å². The van der Waals surface area contributed by atoms with Crippen LogP contribution in [0.4, 0.5) is 0 Å². The van der Waals surface area contributed by atoms with Crippen LogP contribution in [0.1, 0.15) is 78.1 Å². The average molecular weight is 461 g/mol. The molecule has 0 amide bonds. The van der Waals surface area contributed by atoms with Crippen molar-refractivity contribution in [1.29, 1.82) is 15.9 Å². The van der Waals surface area contributed by atoms with E-state index in [1.165, 1.54) is 63.9 Å². The van der Waals surface area contributed by atoms with Crippen LogP contribution in [0.3, 0.4) is 0 Å². The van der Waals surface area contributed by atoms with Crippen LogP contribution in [0.5, 0.6) is 0 Å². The minimum absolute atomic E-state index is 0.0658. The zero-order valence-corrected chi connectivity index (χ0v) is 20.9. The second-order valence-corrected chi connectivity index (χ2v) is 12.6. The number of allylic oxidation sites excluding steroid dienone is 2. The molecule has 182 valence electrons. The molecule has 5 fully saturated rings. The number of hydrogen-bond donors (Lipinski definition) is 2. The fourth-order valence-corrected chi connectivity index (χ4v) is 9.38. The van der Waals surface area contributed by atoms with Crippen molar-refractivity contribution in [3.63, 3.8) is 0 Å². The molecule has 5 heteroatoms. The van der Waals surface area contributed by atoms with Crippen molar-refractivity contribution in [3.05, 3.63) is 11.8 Å². The predicted octanol–water partition coefficient (Wildman–Crippen LogP) is 5.64. The number of Topliss-reactive ketones (excluding diaryl/α,β-unsaturated/α-hetero) is 1. The number of rotatable bonds is 6. The summed E-state index contributed by atoms with van der Waals surface area (Å²) in [6.45, 7) is 5.00. The van der Waals surface area contributed by atoms with Crippen molar-refractivity contribution < 1.29 is 4.79 Å². The number of carbonyl (C=O) groups is 1. The van der Waals surface area contributed by atoms with Gasteiger partial charge >= 0.3 is 0 Å². The highest BCUT2D eigenvalue weighted by atomic mass is 16.1. The number of fused-ring (bicyclic) bond motifs is 5. The highest BCUT2D eigenvalue weighted by molar-refractivity contribution is 6.05. The van der Waals surface area contributed by atoms with E-state index in [-0.39, 0.29) is 35.1 Å². The van der Waals surface area contributed by atoms with Crippen molar-refractivity contribution in [2.75, 3.05) is 6.54 Å². The Hall–Kier alpha value is -2.14. The van der Waals surface area contributed by atoms with Gasteiger partial charge in [-0.15, -0.1) is 0 Å². The van der Waals surface area contributed by atoms with E-state index >= 15 is 0 Å². The van der Waals surface area contributed by atoms with Crippen molar-refractivity contribution in [2.45, 2.75) is 78.1 Å². The van der Waals surface area contributed by atoms with Crippen LogP contribution in [0, 0.1) is 86.7 Å². The second-order valence-electron chi connectivity index (χ2n) is 12.6. The number of nitrogens with zero attached hydrogens (tertiary/aromatic N) is 2. The molecule has 0 aliphatic heterocycles. The SMILES string of the molecule is CC1CCC2C(CCC3C2CCC2(C)C(C(=O)CN/C(C#N)=C\C(=N)C#N)CC(C4CC4)C32)C1. The lowest BCUT2D eigenvalue weighted by atomic mass is 9.48. The van der Waals surface area contributed by atoms with Gasteiger partial charge < -0.3 is 5.32 Å². The summed E-state index contributed by atoms with van der Waals surface area (Å²) >= 11 is 0. The Morgan fingerprint density at radius 1 is 0.971 bits per heavy atom. The second kappa shape index (κ2) is 9.14. The number of hydrogen-bond acceptors (Lipinski definition) is 5. The maximum Gasteiger partial charge on any atom is 0.155 e. The van der Waals surface area contributed by atoms with Gasteiger partial charge in [0.1, 0.15) is 23.5 Å². The summed E-state index contributed by atoms with van der Waals surface area (Å²) in [6, 6.07) is 3.71. The molecule has 0 aromatic carbocycles. The standard InChI is InChI=1S/C29H40N4O/c1-17-3-7-22-19(11-17)6-8-24-23(22)9-10-29(2)26(13-25(28(24)29)18-4-5-18)27(34)16-33-21(15-31)12-20(32)14-30/h12,17-19,22-26,28,32-33H,3-11,13,16H2,1-2H3/b21-12-,32-20?. The molecule has 5 aliphatic carbocycles. The molecule has 0 saturated heterocycles. The molecular weight excluding hydrogens is 420 g/mol. The Bertz CT molecular complexity index is 952. The first-order valence-electron chi connectivity index (χ1n) is 13.7. The summed E-state index contributed by atoms with van der Waals surface area (Å²) in [4.78, 5) is 13.6. The smallest absolute Gasteiger partial charge is 0.155 e. The van der Waals surface area contributed by atoms with Gasteiger partial charge in [0, 0.05) is 12.0 Å². The Morgan fingerprint density at radius 3 is 2.41 bits per heavy atom. The van der Waals surface area contributed by atoms with Gasteiger partial charge in [0.05, 0.1) is 6.54 Å². The largest absolute Gasteiger partial charge is 0.369 e. The highest BCUT2D eigenvalue weighted by Gasteiger charge is 2.63. The van der Waals surface area contributed by atoms with Crippen molar-refractivity contribution >= 4 is 11.5 Å². The molecule has 5 nitrogen and oxygen atoms in total. The van der Waals surface area contributed by atoms with E-state index in [1.54, 1.807) is 6.07 Å². The third kappa shape index (κ3) is 4.10. The summed E-state index contributed by atoms with van der Waals surface area (Å²) in [5.41, 5.74) is -0.0613. The molecule has 9 unspecified atom stereocenters. The van der Waals surface area contributed by atoms with Crippen LogP contribution >= 0.6 is 0 Å². The Balaban J connectivity index is 1.34. The number of ketones is 1. The lowest BCUT2D eigenvalue weighted by Gasteiger charge is -2.57. The maximum absolute atomic E-state index is 13.6. The van der Waals surface area contributed by atoms with Crippen LogP contribution in [-0.2, 0) is 4.79 Å². The Morgan fingerprint density at radius 2 is 1.71 bits per heavy atom. The van der Waals surface area contributed by atoms with Gasteiger partial charge in [-0.1, -0.05) is 20.3 Å². The molecule has 0 bridgehead atoms. The summed E-state index contributed by atoms with van der Waals surface area (Å²) in [6.07, 6.45) is 14.5. The molecule has 0 spiro atoms. The Labute approximate surface area is 204 Å². The molecule has 34 heavy (non-hydrogen) atoms. The van der Waals surface area contributed by atoms with Crippen LogP contribution in [0.15, 0.2) is 11.8 Å². The molecule has 5 aliphatic rings. The van der Waals surface area contributed by atoms with Crippen LogP contribution in [0.2, 0.25) is 0 Å². The van der Waals surface area contributed by atoms with E-state index in [0.717, 1.165) is 41.9 Å². The van der Waals surface area contributed by atoms with Gasteiger partial charge in [-0.05, 0) is 111 Å². The topological polar surface area (TPSA) is 101 Å². The minimum Gasteiger partial charge on any atom is -0.369 e. The number of nitrogens with one attached hydrogen (secondary N) is 2. The zero-order chi connectivity index (χ0) is 24.0. The third-order valence-corrected chi connectivity index (χ3v) is 10.9. The number of nitriles is 2. The van der Waals surface area contributed by atoms with E-state index in [2.05, 4.69) is 19.2 Å². The molecular formula is C29H40N4O. The first-order valence-corrected chi connectivity index (χ1v) is 13.7. The van der Waals surface area contributed by atoms with E-state index < -0.39 is 0 Å². The molecule has 5 rings (SSSR count). The highest BCUT2D eigenvalue weighted by Crippen LogP contribution is 2.69. The normalized spacial score (nSPS) is 43.5. The summed E-state index contributed by atoms with van der Waals surface area (Å²) in [7, 11) is 0. The maximum atomic E-state index is 13.6. The van der Waals surface area contributed by atoms with Crippen LogP contribution < -0.4 is 5.32 Å². The molecule has 0 aromatic heterocycles. The first-order chi connectivity index (χ1) is 16.4. The molecule has 2 N–H and O–H groups in total. The van der Waals surface area contributed by atoms with Gasteiger partial charge in [0.2, 0.25) is 0 Å². The quantitative estimate of drug-likeness (QED) is 0.396. The number of carbonyl (C=O) groups excluding carboxylic acids is 1. The van der Waals surface area contributed by atoms with Gasteiger partial charge in [-0.3, -0.25) is 10.2 Å². The zero-order valence-electron chi connectivity index (χ0n) is 20.9. The monoisotopic (exact) mass is 460 g/mol. The van der Waals surface area contributed by atoms with E-state index in [9.17, 15) is 10.1 Å². The summed E-state index contributed by atoms with van der Waals surface area (Å²) in [5.74, 6) is 6.94. The molecule has 5 saturated carbocycles. The lowest BCUT2D eigenvalue weighted by Crippen LogP contribution is -2.51. The molecule has 0 aromatic rings.